The number of nitrogens with one attached hydrogen (secondary N) is 1. The van der Waals surface area contributed by atoms with E-state index in [0.717, 1.165) is 0 Å². The Bertz CT molecular complexity index is 774. The van der Waals surface area contributed by atoms with E-state index in [9.17, 15) is 18.8 Å². The Kier molecular flexibility index (Phi) is 6.55. The summed E-state index contributed by atoms with van der Waals surface area (Å²) in [4.78, 5) is 41.2. The van der Waals surface area contributed by atoms with E-state index in [2.05, 4.69) is 5.32 Å². The van der Waals surface area contributed by atoms with E-state index in [1.54, 1.807) is 29.0 Å². The van der Waals surface area contributed by atoms with Crippen molar-refractivity contribution in [1.29, 1.82) is 0 Å². The van der Waals surface area contributed by atoms with Crippen LogP contribution in [0.15, 0.2) is 24.3 Å². The van der Waals surface area contributed by atoms with E-state index in [4.69, 9.17) is 0 Å². The summed E-state index contributed by atoms with van der Waals surface area (Å²) >= 11 is 0. The van der Waals surface area contributed by atoms with Crippen LogP contribution in [0, 0.1) is 17.7 Å². The van der Waals surface area contributed by atoms with Crippen molar-refractivity contribution in [3.05, 3.63) is 35.6 Å². The molecule has 2 aliphatic rings. The fourth-order valence-electron chi connectivity index (χ4n) is 4.44. The van der Waals surface area contributed by atoms with E-state index in [0.29, 0.717) is 44.3 Å². The molecule has 29 heavy (non-hydrogen) atoms. The minimum absolute atomic E-state index is 0.0127. The van der Waals surface area contributed by atoms with Crippen molar-refractivity contribution in [3.63, 3.8) is 0 Å². The summed E-state index contributed by atoms with van der Waals surface area (Å²) in [6.45, 7) is 4.92. The molecular formula is C22H30FN3O3. The third-order valence-corrected chi connectivity index (χ3v) is 5.98. The summed E-state index contributed by atoms with van der Waals surface area (Å²) in [5, 5.41) is 2.94. The Hall–Kier alpha value is -2.44. The molecule has 2 unspecified atom stereocenters. The molecule has 1 N–H and O–H groups in total. The van der Waals surface area contributed by atoms with Gasteiger partial charge in [0.15, 0.2) is 0 Å². The average Bonchev–Trinajstić information content (AvgIpc) is 2.69. The van der Waals surface area contributed by atoms with Gasteiger partial charge >= 0.3 is 0 Å². The van der Waals surface area contributed by atoms with Gasteiger partial charge in [0.2, 0.25) is 17.7 Å². The van der Waals surface area contributed by atoms with Crippen LogP contribution < -0.4 is 5.32 Å². The van der Waals surface area contributed by atoms with Crippen LogP contribution in [-0.4, -0.2) is 53.7 Å². The molecule has 3 amide bonds. The predicted molar refractivity (Wildman–Crippen MR) is 107 cm³/mol. The summed E-state index contributed by atoms with van der Waals surface area (Å²) in [5.74, 6) is -0.852. The van der Waals surface area contributed by atoms with Gasteiger partial charge in [-0.25, -0.2) is 4.39 Å². The molecule has 0 saturated carbocycles. The fourth-order valence-corrected chi connectivity index (χ4v) is 4.44. The van der Waals surface area contributed by atoms with Crippen LogP contribution in [0.2, 0.25) is 0 Å². The van der Waals surface area contributed by atoms with E-state index >= 15 is 0 Å². The summed E-state index contributed by atoms with van der Waals surface area (Å²) in [7, 11) is 1.68. The first-order valence-corrected chi connectivity index (χ1v) is 10.4. The molecule has 3 rings (SSSR count). The molecule has 0 bridgehead atoms. The third kappa shape index (κ3) is 4.77. The lowest BCUT2D eigenvalue weighted by Crippen LogP contribution is -2.50. The third-order valence-electron chi connectivity index (χ3n) is 5.98. The average molecular weight is 403 g/mol. The molecule has 2 saturated heterocycles. The van der Waals surface area contributed by atoms with Gasteiger partial charge in [0.05, 0.1) is 12.0 Å². The molecule has 2 fully saturated rings. The van der Waals surface area contributed by atoms with Gasteiger partial charge in [0.1, 0.15) is 5.82 Å². The van der Waals surface area contributed by atoms with Gasteiger partial charge in [-0.15, -0.1) is 0 Å². The first kappa shape index (κ1) is 21.3. The molecule has 0 radical (unpaired) electrons. The number of halogens is 1. The SMILES string of the molecule is CC(C)NC(=O)C1CCN(C(=O)C2CCC(=O)N(C)C2c2cccc(F)c2)CC1. The molecule has 158 valence electrons. The highest BCUT2D eigenvalue weighted by molar-refractivity contribution is 5.85. The number of nitrogens with zero attached hydrogens (tertiary/aromatic N) is 2. The number of hydrogen-bond donors (Lipinski definition) is 1. The Morgan fingerprint density at radius 2 is 1.86 bits per heavy atom. The van der Waals surface area contributed by atoms with E-state index < -0.39 is 12.0 Å². The Morgan fingerprint density at radius 1 is 1.17 bits per heavy atom. The largest absolute Gasteiger partial charge is 0.354 e. The van der Waals surface area contributed by atoms with Gasteiger partial charge in [-0.1, -0.05) is 12.1 Å². The molecule has 0 aromatic heterocycles. The van der Waals surface area contributed by atoms with Crippen LogP contribution in [-0.2, 0) is 14.4 Å². The van der Waals surface area contributed by atoms with Gasteiger partial charge < -0.3 is 15.1 Å². The number of carbonyl (C=O) groups is 3. The highest BCUT2D eigenvalue weighted by Crippen LogP contribution is 2.37. The maximum Gasteiger partial charge on any atom is 0.228 e. The summed E-state index contributed by atoms with van der Waals surface area (Å²) in [6.07, 6.45) is 2.04. The molecule has 7 heteroatoms. The topological polar surface area (TPSA) is 69.7 Å². The second-order valence-corrected chi connectivity index (χ2v) is 8.41. The van der Waals surface area contributed by atoms with Crippen molar-refractivity contribution in [2.24, 2.45) is 11.8 Å². The number of likely N-dealkylation sites (tertiary alicyclic amines) is 2. The van der Waals surface area contributed by atoms with Crippen molar-refractivity contribution < 1.29 is 18.8 Å². The summed E-state index contributed by atoms with van der Waals surface area (Å²) < 4.78 is 13.8. The van der Waals surface area contributed by atoms with E-state index in [1.807, 2.05) is 13.8 Å². The molecule has 1 aromatic rings. The molecule has 6 nitrogen and oxygen atoms in total. The lowest BCUT2D eigenvalue weighted by molar-refractivity contribution is -0.148. The maximum atomic E-state index is 13.8. The molecule has 2 heterocycles. The molecule has 0 aliphatic carbocycles. The van der Waals surface area contributed by atoms with Crippen molar-refractivity contribution in [2.75, 3.05) is 20.1 Å². The van der Waals surface area contributed by atoms with Gasteiger partial charge in [-0.05, 0) is 50.8 Å². The highest BCUT2D eigenvalue weighted by Gasteiger charge is 2.41. The summed E-state index contributed by atoms with van der Waals surface area (Å²) in [5.41, 5.74) is 0.644. The van der Waals surface area contributed by atoms with Gasteiger partial charge in [0, 0.05) is 38.5 Å². The molecule has 0 spiro atoms. The highest BCUT2D eigenvalue weighted by atomic mass is 19.1. The molecule has 2 atom stereocenters. The lowest BCUT2D eigenvalue weighted by atomic mass is 9.83. The normalized spacial score (nSPS) is 23.4. The number of hydrogen-bond acceptors (Lipinski definition) is 3. The predicted octanol–water partition coefficient (Wildman–Crippen LogP) is 2.50. The zero-order valence-electron chi connectivity index (χ0n) is 17.4. The van der Waals surface area contributed by atoms with Crippen molar-refractivity contribution in [2.45, 2.75) is 51.6 Å². The Labute approximate surface area is 171 Å². The number of carbonyl (C=O) groups excluding carboxylic acids is 3. The number of amides is 3. The number of rotatable bonds is 4. The molecular weight excluding hydrogens is 373 g/mol. The van der Waals surface area contributed by atoms with Gasteiger partial charge in [0.25, 0.3) is 0 Å². The number of piperidine rings is 2. The van der Waals surface area contributed by atoms with Crippen molar-refractivity contribution in [3.8, 4) is 0 Å². The number of benzene rings is 1. The minimum atomic E-state index is -0.471. The van der Waals surface area contributed by atoms with Crippen LogP contribution in [0.4, 0.5) is 4.39 Å². The second kappa shape index (κ2) is 8.93. The quantitative estimate of drug-likeness (QED) is 0.840. The van der Waals surface area contributed by atoms with E-state index in [-0.39, 0.29) is 35.5 Å². The Balaban J connectivity index is 1.72. The van der Waals surface area contributed by atoms with Crippen LogP contribution >= 0.6 is 0 Å². The van der Waals surface area contributed by atoms with Crippen LogP contribution in [0.1, 0.15) is 51.1 Å². The smallest absolute Gasteiger partial charge is 0.228 e. The monoisotopic (exact) mass is 403 g/mol. The summed E-state index contributed by atoms with van der Waals surface area (Å²) in [6, 6.07) is 5.77. The Morgan fingerprint density at radius 3 is 2.48 bits per heavy atom. The first-order valence-electron chi connectivity index (χ1n) is 10.4. The first-order chi connectivity index (χ1) is 13.8. The zero-order valence-corrected chi connectivity index (χ0v) is 17.4. The van der Waals surface area contributed by atoms with Crippen molar-refractivity contribution in [1.82, 2.24) is 15.1 Å². The minimum Gasteiger partial charge on any atom is -0.354 e. The maximum absolute atomic E-state index is 13.8. The van der Waals surface area contributed by atoms with Crippen LogP contribution in [0.25, 0.3) is 0 Å². The second-order valence-electron chi connectivity index (χ2n) is 8.41. The molecule has 1 aromatic carbocycles. The van der Waals surface area contributed by atoms with E-state index in [1.165, 1.54) is 12.1 Å². The van der Waals surface area contributed by atoms with Crippen molar-refractivity contribution >= 4 is 17.7 Å². The molecule has 2 aliphatic heterocycles. The lowest BCUT2D eigenvalue weighted by Gasteiger charge is -2.42. The zero-order chi connectivity index (χ0) is 21.1. The van der Waals surface area contributed by atoms with Gasteiger partial charge in [-0.2, -0.15) is 0 Å². The van der Waals surface area contributed by atoms with Crippen LogP contribution in [0.5, 0.6) is 0 Å². The van der Waals surface area contributed by atoms with Crippen LogP contribution in [0.3, 0.4) is 0 Å². The van der Waals surface area contributed by atoms with Gasteiger partial charge in [-0.3, -0.25) is 14.4 Å². The standard InChI is InChI=1S/C22H30FN3O3/c1-14(2)24-21(28)15-9-11-26(12-10-15)22(29)18-7-8-19(27)25(3)20(18)16-5-4-6-17(23)13-16/h4-6,13-15,18,20H,7-12H2,1-3H3,(H,24,28). The fraction of sp³-hybridized carbons (Fsp3) is 0.591.